The lowest BCUT2D eigenvalue weighted by molar-refractivity contribution is -0.118. The maximum atomic E-state index is 11.6. The number of carbonyl (C=O) groups excluding carboxylic acids is 1. The molecule has 0 aliphatic heterocycles. The van der Waals surface area contributed by atoms with Crippen molar-refractivity contribution in [1.29, 1.82) is 0 Å². The summed E-state index contributed by atoms with van der Waals surface area (Å²) in [6.45, 7) is 0. The summed E-state index contributed by atoms with van der Waals surface area (Å²) in [7, 11) is 0. The van der Waals surface area contributed by atoms with Crippen LogP contribution in [0.2, 0.25) is 0 Å². The van der Waals surface area contributed by atoms with E-state index in [4.69, 9.17) is 4.74 Å². The molecule has 0 amide bonds. The highest BCUT2D eigenvalue weighted by Crippen LogP contribution is 2.30. The summed E-state index contributed by atoms with van der Waals surface area (Å²) in [5, 5.41) is 0. The third-order valence-corrected chi connectivity index (χ3v) is 3.13. The van der Waals surface area contributed by atoms with Crippen molar-refractivity contribution in [3.63, 3.8) is 0 Å². The number of Topliss-reactive ketones (excluding diaryl/α,β-unsaturated/α-hetero) is 1. The quantitative estimate of drug-likeness (QED) is 0.808. The molecule has 3 rings (SSSR count). The van der Waals surface area contributed by atoms with Crippen molar-refractivity contribution in [2.75, 3.05) is 0 Å². The molecule has 0 spiro atoms. The first kappa shape index (κ1) is 11.0. The van der Waals surface area contributed by atoms with Crippen molar-refractivity contribution in [2.45, 2.75) is 19.3 Å². The van der Waals surface area contributed by atoms with Crippen LogP contribution in [0.15, 0.2) is 42.6 Å². The van der Waals surface area contributed by atoms with E-state index >= 15 is 0 Å². The average Bonchev–Trinajstić information content (AvgIpc) is 2.41. The van der Waals surface area contributed by atoms with Crippen molar-refractivity contribution in [2.24, 2.45) is 0 Å². The number of nitrogens with zero attached hydrogens (tertiary/aromatic N) is 1. The molecule has 0 saturated carbocycles. The number of benzene rings is 1. The second-order valence-electron chi connectivity index (χ2n) is 4.38. The molecule has 0 radical (unpaired) electrons. The first-order chi connectivity index (χ1) is 8.83. The lowest BCUT2D eigenvalue weighted by Crippen LogP contribution is -2.14. The molecule has 90 valence electrons. The summed E-state index contributed by atoms with van der Waals surface area (Å²) in [4.78, 5) is 15.7. The summed E-state index contributed by atoms with van der Waals surface area (Å²) in [5.74, 6) is 1.59. The Morgan fingerprint density at radius 2 is 2.00 bits per heavy atom. The van der Waals surface area contributed by atoms with Crippen LogP contribution in [0.4, 0.5) is 0 Å². The third kappa shape index (κ3) is 2.12. The molecule has 0 atom stereocenters. The zero-order valence-electron chi connectivity index (χ0n) is 9.93. The van der Waals surface area contributed by atoms with Crippen molar-refractivity contribution < 1.29 is 9.53 Å². The zero-order valence-corrected chi connectivity index (χ0v) is 9.93. The predicted molar refractivity (Wildman–Crippen MR) is 67.8 cm³/mol. The lowest BCUT2D eigenvalue weighted by atomic mass is 9.90. The number of carbonyl (C=O) groups is 1. The minimum atomic E-state index is 0.277. The molecule has 18 heavy (non-hydrogen) atoms. The molecule has 3 nitrogen and oxygen atoms in total. The summed E-state index contributed by atoms with van der Waals surface area (Å²) in [6.07, 6.45) is 3.61. The van der Waals surface area contributed by atoms with Crippen molar-refractivity contribution in [3.8, 4) is 11.6 Å². The maximum absolute atomic E-state index is 11.6. The first-order valence-electron chi connectivity index (χ1n) is 6.04. The van der Waals surface area contributed by atoms with Crippen LogP contribution in [0.5, 0.6) is 11.6 Å². The molecule has 1 aliphatic carbocycles. The Hall–Kier alpha value is -2.16. The minimum Gasteiger partial charge on any atom is -0.439 e. The number of aryl methyl sites for hydroxylation is 1. The predicted octanol–water partition coefficient (Wildman–Crippen LogP) is 2.93. The van der Waals surface area contributed by atoms with E-state index in [1.165, 1.54) is 5.56 Å². The van der Waals surface area contributed by atoms with Crippen LogP contribution in [0.1, 0.15) is 17.5 Å². The van der Waals surface area contributed by atoms with Gasteiger partial charge < -0.3 is 4.74 Å². The van der Waals surface area contributed by atoms with Crippen LogP contribution in [0.3, 0.4) is 0 Å². The number of ketones is 1. The van der Waals surface area contributed by atoms with Gasteiger partial charge in [0, 0.05) is 30.7 Å². The van der Waals surface area contributed by atoms with Gasteiger partial charge in [0.1, 0.15) is 11.5 Å². The van der Waals surface area contributed by atoms with E-state index in [1.54, 1.807) is 6.20 Å². The Morgan fingerprint density at radius 3 is 2.83 bits per heavy atom. The maximum Gasteiger partial charge on any atom is 0.219 e. The summed E-state index contributed by atoms with van der Waals surface area (Å²) in [5.41, 5.74) is 2.22. The van der Waals surface area contributed by atoms with Gasteiger partial charge >= 0.3 is 0 Å². The smallest absolute Gasteiger partial charge is 0.219 e. The van der Waals surface area contributed by atoms with Crippen molar-refractivity contribution in [1.82, 2.24) is 4.98 Å². The highest BCUT2D eigenvalue weighted by atomic mass is 16.5. The van der Waals surface area contributed by atoms with Gasteiger partial charge in [-0.1, -0.05) is 18.2 Å². The van der Waals surface area contributed by atoms with Crippen LogP contribution in [0, 0.1) is 0 Å². The van der Waals surface area contributed by atoms with Gasteiger partial charge in [-0.25, -0.2) is 4.98 Å². The van der Waals surface area contributed by atoms with E-state index in [0.29, 0.717) is 18.7 Å². The highest BCUT2D eigenvalue weighted by Gasteiger charge is 2.19. The molecule has 1 heterocycles. The van der Waals surface area contributed by atoms with Gasteiger partial charge in [-0.15, -0.1) is 0 Å². The molecule has 1 aliphatic rings. The van der Waals surface area contributed by atoms with E-state index in [1.807, 2.05) is 30.3 Å². The Labute approximate surface area is 105 Å². The zero-order chi connectivity index (χ0) is 12.4. The van der Waals surface area contributed by atoms with Crippen molar-refractivity contribution >= 4 is 5.78 Å². The highest BCUT2D eigenvalue weighted by molar-refractivity contribution is 5.84. The van der Waals surface area contributed by atoms with Gasteiger partial charge in [0.25, 0.3) is 0 Å². The second-order valence-corrected chi connectivity index (χ2v) is 4.38. The summed E-state index contributed by atoms with van der Waals surface area (Å²) < 4.78 is 5.76. The number of ether oxygens (including phenoxy) is 1. The number of fused-ring (bicyclic) bond motifs is 1. The number of pyridine rings is 1. The lowest BCUT2D eigenvalue weighted by Gasteiger charge is -2.18. The number of hydrogen-bond donors (Lipinski definition) is 0. The molecule has 0 unspecified atom stereocenters. The normalized spacial score (nSPS) is 14.1. The van der Waals surface area contributed by atoms with Gasteiger partial charge in [0.2, 0.25) is 5.88 Å². The fourth-order valence-electron chi connectivity index (χ4n) is 2.22. The molecule has 2 aromatic rings. The standard InChI is InChI=1S/C15H13NO2/c17-12-8-7-11-4-3-5-14(13(11)10-12)18-15-6-1-2-9-16-15/h1-6,9H,7-8,10H2. The topological polar surface area (TPSA) is 39.2 Å². The summed E-state index contributed by atoms with van der Waals surface area (Å²) >= 11 is 0. The molecular weight excluding hydrogens is 226 g/mol. The number of rotatable bonds is 2. The van der Waals surface area contributed by atoms with E-state index in [0.717, 1.165) is 17.7 Å². The molecule has 0 fully saturated rings. The van der Waals surface area contributed by atoms with E-state index in [-0.39, 0.29) is 5.78 Å². The van der Waals surface area contributed by atoms with Gasteiger partial charge in [-0.3, -0.25) is 4.79 Å². The Morgan fingerprint density at radius 1 is 1.06 bits per heavy atom. The third-order valence-electron chi connectivity index (χ3n) is 3.13. The van der Waals surface area contributed by atoms with Crippen molar-refractivity contribution in [3.05, 3.63) is 53.7 Å². The van der Waals surface area contributed by atoms with Crippen LogP contribution in [-0.2, 0) is 17.6 Å². The minimum absolute atomic E-state index is 0.277. The molecule has 0 bridgehead atoms. The SMILES string of the molecule is O=C1CCc2cccc(Oc3ccccn3)c2C1. The summed E-state index contributed by atoms with van der Waals surface area (Å²) in [6, 6.07) is 11.5. The first-order valence-corrected chi connectivity index (χ1v) is 6.04. The van der Waals surface area contributed by atoms with Gasteiger partial charge in [-0.2, -0.15) is 0 Å². The van der Waals surface area contributed by atoms with Crippen LogP contribution < -0.4 is 4.74 Å². The molecule has 1 aromatic carbocycles. The van der Waals surface area contributed by atoms with Crippen LogP contribution >= 0.6 is 0 Å². The number of aromatic nitrogens is 1. The Bertz CT molecular complexity index is 578. The largest absolute Gasteiger partial charge is 0.439 e. The van der Waals surface area contributed by atoms with Crippen LogP contribution in [0.25, 0.3) is 0 Å². The Kier molecular flexibility index (Phi) is 2.81. The van der Waals surface area contributed by atoms with Gasteiger partial charge in [0.05, 0.1) is 0 Å². The van der Waals surface area contributed by atoms with E-state index in [9.17, 15) is 4.79 Å². The van der Waals surface area contributed by atoms with E-state index < -0.39 is 0 Å². The Balaban J connectivity index is 1.95. The van der Waals surface area contributed by atoms with Gasteiger partial charge in [-0.05, 0) is 24.1 Å². The van der Waals surface area contributed by atoms with Gasteiger partial charge in [0.15, 0.2) is 0 Å². The molecule has 1 aromatic heterocycles. The molecule has 3 heteroatoms. The molecular formula is C15H13NO2. The molecule has 0 saturated heterocycles. The number of hydrogen-bond acceptors (Lipinski definition) is 3. The monoisotopic (exact) mass is 239 g/mol. The second kappa shape index (κ2) is 4.61. The fourth-order valence-corrected chi connectivity index (χ4v) is 2.22. The van der Waals surface area contributed by atoms with E-state index in [2.05, 4.69) is 11.1 Å². The van der Waals surface area contributed by atoms with Crippen LogP contribution in [-0.4, -0.2) is 10.8 Å². The average molecular weight is 239 g/mol. The fraction of sp³-hybridized carbons (Fsp3) is 0.200. The molecule has 0 N–H and O–H groups in total.